The van der Waals surface area contributed by atoms with Gasteiger partial charge in [0.2, 0.25) is 0 Å². The SMILES string of the molecule is CCCNC(c1ccc(F)c(Br)c1)c1nc(C(C)C)cs1. The van der Waals surface area contributed by atoms with E-state index in [0.29, 0.717) is 10.4 Å². The van der Waals surface area contributed by atoms with Gasteiger partial charge in [0.1, 0.15) is 10.8 Å². The molecule has 1 aromatic heterocycles. The minimum absolute atomic E-state index is 0.0133. The molecule has 0 saturated carbocycles. The van der Waals surface area contributed by atoms with Crippen molar-refractivity contribution in [2.24, 2.45) is 0 Å². The van der Waals surface area contributed by atoms with Crippen LogP contribution in [0.1, 0.15) is 55.4 Å². The van der Waals surface area contributed by atoms with E-state index in [2.05, 4.69) is 47.4 Å². The molecule has 0 amide bonds. The van der Waals surface area contributed by atoms with Gasteiger partial charge < -0.3 is 5.32 Å². The number of hydrogen-bond donors (Lipinski definition) is 1. The van der Waals surface area contributed by atoms with E-state index in [-0.39, 0.29) is 11.9 Å². The predicted molar refractivity (Wildman–Crippen MR) is 90.4 cm³/mol. The van der Waals surface area contributed by atoms with E-state index in [0.717, 1.165) is 29.2 Å². The number of aromatic nitrogens is 1. The van der Waals surface area contributed by atoms with Gasteiger partial charge in [-0.2, -0.15) is 0 Å². The zero-order valence-electron chi connectivity index (χ0n) is 12.5. The van der Waals surface area contributed by atoms with Crippen LogP contribution in [-0.2, 0) is 0 Å². The first-order chi connectivity index (χ1) is 10.0. The molecular formula is C16H20BrFN2S. The van der Waals surface area contributed by atoms with Crippen LogP contribution < -0.4 is 5.32 Å². The van der Waals surface area contributed by atoms with Crippen LogP contribution >= 0.6 is 27.3 Å². The average molecular weight is 371 g/mol. The molecule has 1 unspecified atom stereocenters. The Kier molecular flexibility index (Phi) is 5.90. The van der Waals surface area contributed by atoms with E-state index in [9.17, 15) is 4.39 Å². The minimum Gasteiger partial charge on any atom is -0.304 e. The number of benzene rings is 1. The third-order valence-electron chi connectivity index (χ3n) is 3.25. The smallest absolute Gasteiger partial charge is 0.137 e. The van der Waals surface area contributed by atoms with Crippen molar-refractivity contribution in [2.75, 3.05) is 6.54 Å². The summed E-state index contributed by atoms with van der Waals surface area (Å²) in [6.45, 7) is 7.31. The highest BCUT2D eigenvalue weighted by molar-refractivity contribution is 9.10. The van der Waals surface area contributed by atoms with Crippen LogP contribution in [0.5, 0.6) is 0 Å². The molecule has 1 N–H and O–H groups in total. The molecule has 0 spiro atoms. The lowest BCUT2D eigenvalue weighted by Crippen LogP contribution is -2.23. The first kappa shape index (κ1) is 16.6. The van der Waals surface area contributed by atoms with E-state index in [1.807, 2.05) is 12.1 Å². The molecule has 0 saturated heterocycles. The van der Waals surface area contributed by atoms with Gasteiger partial charge in [-0.15, -0.1) is 11.3 Å². The number of nitrogens with one attached hydrogen (secondary N) is 1. The Hall–Kier alpha value is -0.780. The Bertz CT molecular complexity index is 598. The lowest BCUT2D eigenvalue weighted by atomic mass is 10.1. The highest BCUT2D eigenvalue weighted by Crippen LogP contribution is 2.29. The molecule has 5 heteroatoms. The highest BCUT2D eigenvalue weighted by Gasteiger charge is 2.19. The third kappa shape index (κ3) is 4.11. The number of nitrogens with zero attached hydrogens (tertiary/aromatic N) is 1. The maximum absolute atomic E-state index is 13.4. The van der Waals surface area contributed by atoms with Gasteiger partial charge in [-0.25, -0.2) is 9.37 Å². The molecule has 0 aliphatic rings. The molecule has 1 aromatic carbocycles. The van der Waals surface area contributed by atoms with Crippen LogP contribution in [0.2, 0.25) is 0 Å². The monoisotopic (exact) mass is 370 g/mol. The van der Waals surface area contributed by atoms with E-state index in [4.69, 9.17) is 4.98 Å². The molecule has 21 heavy (non-hydrogen) atoms. The molecule has 2 nitrogen and oxygen atoms in total. The first-order valence-corrected chi connectivity index (χ1v) is 8.83. The lowest BCUT2D eigenvalue weighted by Gasteiger charge is -2.17. The van der Waals surface area contributed by atoms with Gasteiger partial charge in [0.15, 0.2) is 0 Å². The summed E-state index contributed by atoms with van der Waals surface area (Å²) in [6.07, 6.45) is 1.04. The second-order valence-electron chi connectivity index (χ2n) is 5.33. The molecule has 1 atom stereocenters. The topological polar surface area (TPSA) is 24.9 Å². The van der Waals surface area contributed by atoms with Gasteiger partial charge in [-0.1, -0.05) is 26.8 Å². The van der Waals surface area contributed by atoms with E-state index in [1.165, 1.54) is 6.07 Å². The Morgan fingerprint density at radius 1 is 1.38 bits per heavy atom. The summed E-state index contributed by atoms with van der Waals surface area (Å²) in [5.41, 5.74) is 2.14. The van der Waals surface area contributed by atoms with Crippen molar-refractivity contribution < 1.29 is 4.39 Å². The van der Waals surface area contributed by atoms with Crippen LogP contribution in [0, 0.1) is 5.82 Å². The van der Waals surface area contributed by atoms with Crippen LogP contribution in [-0.4, -0.2) is 11.5 Å². The molecule has 114 valence electrons. The number of rotatable bonds is 6. The van der Waals surface area contributed by atoms with Crippen molar-refractivity contribution in [3.8, 4) is 0 Å². The van der Waals surface area contributed by atoms with Crippen molar-refractivity contribution in [3.63, 3.8) is 0 Å². The summed E-state index contributed by atoms with van der Waals surface area (Å²) in [5.74, 6) is 0.178. The Morgan fingerprint density at radius 3 is 2.71 bits per heavy atom. The van der Waals surface area contributed by atoms with Crippen LogP contribution in [0.4, 0.5) is 4.39 Å². The van der Waals surface area contributed by atoms with Gasteiger partial charge in [0.25, 0.3) is 0 Å². The van der Waals surface area contributed by atoms with Crippen molar-refractivity contribution >= 4 is 27.3 Å². The molecule has 0 aliphatic carbocycles. The van der Waals surface area contributed by atoms with Gasteiger partial charge in [0, 0.05) is 5.38 Å². The van der Waals surface area contributed by atoms with Crippen molar-refractivity contribution in [2.45, 2.75) is 39.2 Å². The molecule has 0 radical (unpaired) electrons. The molecule has 1 heterocycles. The minimum atomic E-state index is -0.241. The Balaban J connectivity index is 2.34. The summed E-state index contributed by atoms with van der Waals surface area (Å²) in [6, 6.07) is 5.17. The Labute approximate surface area is 137 Å². The van der Waals surface area contributed by atoms with E-state index >= 15 is 0 Å². The van der Waals surface area contributed by atoms with Gasteiger partial charge in [-0.3, -0.25) is 0 Å². The summed E-state index contributed by atoms with van der Waals surface area (Å²) >= 11 is 4.92. The normalized spacial score (nSPS) is 12.9. The summed E-state index contributed by atoms with van der Waals surface area (Å²) in [4.78, 5) is 4.74. The predicted octanol–water partition coefficient (Wildman–Crippen LogP) is 5.26. The van der Waals surface area contributed by atoms with Crippen LogP contribution in [0.3, 0.4) is 0 Å². The fourth-order valence-corrected chi connectivity index (χ4v) is 3.50. The van der Waals surface area contributed by atoms with E-state index in [1.54, 1.807) is 11.3 Å². The van der Waals surface area contributed by atoms with Gasteiger partial charge in [-0.05, 0) is 52.5 Å². The number of hydrogen-bond acceptors (Lipinski definition) is 3. The molecule has 0 bridgehead atoms. The molecular weight excluding hydrogens is 351 g/mol. The van der Waals surface area contributed by atoms with E-state index < -0.39 is 0 Å². The first-order valence-electron chi connectivity index (χ1n) is 7.16. The number of halogens is 2. The van der Waals surface area contributed by atoms with Crippen molar-refractivity contribution in [1.29, 1.82) is 0 Å². The van der Waals surface area contributed by atoms with Crippen molar-refractivity contribution in [1.82, 2.24) is 10.3 Å². The maximum atomic E-state index is 13.4. The summed E-state index contributed by atoms with van der Waals surface area (Å²) < 4.78 is 13.9. The quantitative estimate of drug-likeness (QED) is 0.750. The summed E-state index contributed by atoms with van der Waals surface area (Å²) in [7, 11) is 0. The van der Waals surface area contributed by atoms with Crippen LogP contribution in [0.15, 0.2) is 28.1 Å². The largest absolute Gasteiger partial charge is 0.304 e. The maximum Gasteiger partial charge on any atom is 0.137 e. The molecule has 2 aromatic rings. The molecule has 0 fully saturated rings. The standard InChI is InChI=1S/C16H20BrFN2S/c1-4-7-19-15(11-5-6-13(18)12(17)8-11)16-20-14(9-21-16)10(2)3/h5-6,8-10,15,19H,4,7H2,1-3H3. The second kappa shape index (κ2) is 7.47. The van der Waals surface area contributed by atoms with Gasteiger partial charge >= 0.3 is 0 Å². The average Bonchev–Trinajstić information content (AvgIpc) is 2.93. The lowest BCUT2D eigenvalue weighted by molar-refractivity contribution is 0.587. The van der Waals surface area contributed by atoms with Crippen LogP contribution in [0.25, 0.3) is 0 Å². The third-order valence-corrected chi connectivity index (χ3v) is 4.79. The highest BCUT2D eigenvalue weighted by atomic mass is 79.9. The fourth-order valence-electron chi connectivity index (χ4n) is 2.03. The second-order valence-corrected chi connectivity index (χ2v) is 7.07. The summed E-state index contributed by atoms with van der Waals surface area (Å²) in [5, 5.41) is 6.65. The van der Waals surface area contributed by atoms with Gasteiger partial charge in [0.05, 0.1) is 16.2 Å². The Morgan fingerprint density at radius 2 is 2.14 bits per heavy atom. The fraction of sp³-hybridized carbons (Fsp3) is 0.438. The molecule has 0 aliphatic heterocycles. The molecule has 2 rings (SSSR count). The zero-order chi connectivity index (χ0) is 15.4. The van der Waals surface area contributed by atoms with Crippen molar-refractivity contribution in [3.05, 3.63) is 50.1 Å². The number of thiazole rings is 1. The zero-order valence-corrected chi connectivity index (χ0v) is 14.9.